The topological polar surface area (TPSA) is 67.6 Å². The number of anilines is 1. The Hall–Kier alpha value is -2.46. The van der Waals surface area contributed by atoms with Gasteiger partial charge in [-0.1, -0.05) is 0 Å². The Labute approximate surface area is 126 Å². The predicted molar refractivity (Wildman–Crippen MR) is 77.8 cm³/mol. The van der Waals surface area contributed by atoms with Crippen LogP contribution in [0.1, 0.15) is 5.56 Å². The van der Waals surface area contributed by atoms with Crippen molar-refractivity contribution in [3.63, 3.8) is 0 Å². The first-order chi connectivity index (χ1) is 10.0. The molecule has 1 aromatic heterocycles. The number of nitrogen functional groups attached to an aromatic ring is 1. The van der Waals surface area contributed by atoms with Gasteiger partial charge in [0.15, 0.2) is 0 Å². The van der Waals surface area contributed by atoms with E-state index in [9.17, 15) is 8.78 Å². The zero-order valence-electron chi connectivity index (χ0n) is 10.4. The summed E-state index contributed by atoms with van der Waals surface area (Å²) in [4.78, 5) is 4.13. The lowest BCUT2D eigenvalue weighted by molar-refractivity contribution is 0.622. The molecule has 7 heteroatoms. The molecule has 0 spiro atoms. The van der Waals surface area contributed by atoms with Crippen molar-refractivity contribution in [3.05, 3.63) is 52.0 Å². The van der Waals surface area contributed by atoms with Crippen LogP contribution in [0.25, 0.3) is 16.7 Å². The highest BCUT2D eigenvalue weighted by atomic mass is 79.9. The van der Waals surface area contributed by atoms with Gasteiger partial charge in [0.2, 0.25) is 5.95 Å². The summed E-state index contributed by atoms with van der Waals surface area (Å²) in [5.74, 6) is -0.929. The fraction of sp³-hybridized carbons (Fsp3) is 0. The van der Waals surface area contributed by atoms with E-state index in [0.29, 0.717) is 16.7 Å². The van der Waals surface area contributed by atoms with Crippen molar-refractivity contribution in [3.8, 4) is 11.8 Å². The van der Waals surface area contributed by atoms with Crippen molar-refractivity contribution in [2.75, 3.05) is 5.73 Å². The molecule has 21 heavy (non-hydrogen) atoms. The molecule has 0 unspecified atom stereocenters. The second-order valence-corrected chi connectivity index (χ2v) is 5.19. The van der Waals surface area contributed by atoms with Crippen LogP contribution >= 0.6 is 15.9 Å². The van der Waals surface area contributed by atoms with E-state index in [4.69, 9.17) is 11.0 Å². The van der Waals surface area contributed by atoms with Crippen molar-refractivity contribution >= 4 is 32.9 Å². The maximum absolute atomic E-state index is 13.7. The summed E-state index contributed by atoms with van der Waals surface area (Å²) in [6.45, 7) is 0. The van der Waals surface area contributed by atoms with Gasteiger partial charge in [0.1, 0.15) is 17.7 Å². The van der Waals surface area contributed by atoms with Gasteiger partial charge in [-0.3, -0.25) is 4.57 Å². The summed E-state index contributed by atoms with van der Waals surface area (Å²) < 4.78 is 28.7. The first kappa shape index (κ1) is 13.5. The molecule has 0 amide bonds. The summed E-state index contributed by atoms with van der Waals surface area (Å²) >= 11 is 3.08. The number of fused-ring (bicyclic) bond motifs is 1. The van der Waals surface area contributed by atoms with Crippen molar-refractivity contribution in [2.45, 2.75) is 0 Å². The highest BCUT2D eigenvalue weighted by Crippen LogP contribution is 2.29. The molecule has 0 fully saturated rings. The van der Waals surface area contributed by atoms with Gasteiger partial charge in [-0.05, 0) is 40.2 Å². The molecule has 3 rings (SSSR count). The lowest BCUT2D eigenvalue weighted by Gasteiger charge is -2.08. The second kappa shape index (κ2) is 4.82. The molecule has 2 aromatic carbocycles. The zero-order valence-corrected chi connectivity index (χ0v) is 12.0. The average Bonchev–Trinajstić information content (AvgIpc) is 2.75. The Kier molecular flexibility index (Phi) is 3.11. The van der Waals surface area contributed by atoms with Gasteiger partial charge >= 0.3 is 0 Å². The van der Waals surface area contributed by atoms with Crippen LogP contribution < -0.4 is 5.73 Å². The van der Waals surface area contributed by atoms with Crippen LogP contribution in [0, 0.1) is 23.0 Å². The number of aromatic nitrogens is 2. The number of imidazole rings is 1. The Bertz CT molecular complexity index is 911. The average molecular weight is 349 g/mol. The van der Waals surface area contributed by atoms with Crippen LogP contribution in [0.3, 0.4) is 0 Å². The van der Waals surface area contributed by atoms with Gasteiger partial charge in [-0.25, -0.2) is 13.8 Å². The Balaban J connectivity index is 2.38. The summed E-state index contributed by atoms with van der Waals surface area (Å²) in [6, 6.07) is 8.35. The highest BCUT2D eigenvalue weighted by Gasteiger charge is 2.16. The third-order valence-electron chi connectivity index (χ3n) is 3.04. The highest BCUT2D eigenvalue weighted by molar-refractivity contribution is 9.10. The van der Waals surface area contributed by atoms with Crippen LogP contribution in [0.5, 0.6) is 0 Å². The number of nitrogens with zero attached hydrogens (tertiary/aromatic N) is 3. The molecule has 0 atom stereocenters. The largest absolute Gasteiger partial charge is 0.369 e. The number of rotatable bonds is 1. The van der Waals surface area contributed by atoms with E-state index >= 15 is 0 Å². The summed E-state index contributed by atoms with van der Waals surface area (Å²) in [6.07, 6.45) is 0. The SMILES string of the molecule is N#Cc1cc(F)ccc1-n1c(N)nc2cc(Br)c(F)cc21. The van der Waals surface area contributed by atoms with E-state index in [2.05, 4.69) is 20.9 Å². The van der Waals surface area contributed by atoms with Gasteiger partial charge in [0.25, 0.3) is 0 Å². The molecule has 104 valence electrons. The summed E-state index contributed by atoms with van der Waals surface area (Å²) in [7, 11) is 0. The first-order valence-electron chi connectivity index (χ1n) is 5.84. The third-order valence-corrected chi connectivity index (χ3v) is 3.65. The number of nitrogens with two attached hydrogens (primary N) is 1. The number of benzene rings is 2. The quantitative estimate of drug-likeness (QED) is 0.731. The molecule has 1 heterocycles. The standard InChI is InChI=1S/C14H7BrF2N4/c15-9-4-11-13(5-10(9)17)21(14(19)20-11)12-2-1-8(16)3-7(12)6-18/h1-5H,(H2,19,20). The summed E-state index contributed by atoms with van der Waals surface area (Å²) in [5, 5.41) is 9.13. The van der Waals surface area contributed by atoms with E-state index < -0.39 is 11.6 Å². The first-order valence-corrected chi connectivity index (χ1v) is 6.63. The lowest BCUT2D eigenvalue weighted by Crippen LogP contribution is -2.03. The smallest absolute Gasteiger partial charge is 0.205 e. The van der Waals surface area contributed by atoms with Crippen molar-refractivity contribution in [1.82, 2.24) is 9.55 Å². The van der Waals surface area contributed by atoms with Gasteiger partial charge < -0.3 is 5.73 Å². The van der Waals surface area contributed by atoms with Crippen LogP contribution in [-0.2, 0) is 0 Å². The molecule has 0 aliphatic carbocycles. The van der Waals surface area contributed by atoms with E-state index in [1.807, 2.05) is 6.07 Å². The Morgan fingerprint density at radius 3 is 2.71 bits per heavy atom. The maximum atomic E-state index is 13.7. The fourth-order valence-electron chi connectivity index (χ4n) is 2.14. The van der Waals surface area contributed by atoms with E-state index in [0.717, 1.165) is 6.07 Å². The second-order valence-electron chi connectivity index (χ2n) is 4.33. The van der Waals surface area contributed by atoms with E-state index in [1.54, 1.807) is 0 Å². The number of hydrogen-bond donors (Lipinski definition) is 1. The molecule has 0 bridgehead atoms. The number of halogens is 3. The van der Waals surface area contributed by atoms with Gasteiger partial charge in [-0.2, -0.15) is 5.26 Å². The molecular formula is C14H7BrF2N4. The molecular weight excluding hydrogens is 342 g/mol. The third kappa shape index (κ3) is 2.14. The lowest BCUT2D eigenvalue weighted by atomic mass is 10.2. The van der Waals surface area contributed by atoms with Crippen LogP contribution in [0.2, 0.25) is 0 Å². The van der Waals surface area contributed by atoms with Crippen molar-refractivity contribution in [1.29, 1.82) is 5.26 Å². The van der Waals surface area contributed by atoms with E-state index in [-0.39, 0.29) is 16.0 Å². The molecule has 0 saturated carbocycles. The van der Waals surface area contributed by atoms with Crippen molar-refractivity contribution in [2.24, 2.45) is 0 Å². The fourth-order valence-corrected chi connectivity index (χ4v) is 2.47. The molecule has 0 radical (unpaired) electrons. The minimum atomic E-state index is -0.535. The molecule has 4 nitrogen and oxygen atoms in total. The van der Waals surface area contributed by atoms with Gasteiger partial charge in [0, 0.05) is 6.07 Å². The maximum Gasteiger partial charge on any atom is 0.205 e. The minimum absolute atomic E-state index is 0.0873. The molecule has 0 saturated heterocycles. The minimum Gasteiger partial charge on any atom is -0.369 e. The molecule has 0 aliphatic rings. The van der Waals surface area contributed by atoms with Crippen LogP contribution in [0.15, 0.2) is 34.8 Å². The molecule has 2 N–H and O–H groups in total. The summed E-state index contributed by atoms with van der Waals surface area (Å²) in [5.41, 5.74) is 7.16. The Morgan fingerprint density at radius 1 is 1.24 bits per heavy atom. The van der Waals surface area contributed by atoms with Crippen LogP contribution in [0.4, 0.5) is 14.7 Å². The van der Waals surface area contributed by atoms with Crippen LogP contribution in [-0.4, -0.2) is 9.55 Å². The normalized spacial score (nSPS) is 10.8. The predicted octanol–water partition coefficient (Wildman–Crippen LogP) is 3.52. The zero-order chi connectivity index (χ0) is 15.1. The Morgan fingerprint density at radius 2 is 2.00 bits per heavy atom. The monoisotopic (exact) mass is 348 g/mol. The van der Waals surface area contributed by atoms with Gasteiger partial charge in [0.05, 0.1) is 26.8 Å². The van der Waals surface area contributed by atoms with E-state index in [1.165, 1.54) is 28.8 Å². The van der Waals surface area contributed by atoms with Crippen molar-refractivity contribution < 1.29 is 8.78 Å². The number of hydrogen-bond acceptors (Lipinski definition) is 3. The number of nitriles is 1. The van der Waals surface area contributed by atoms with Gasteiger partial charge in [-0.15, -0.1) is 0 Å². The molecule has 3 aromatic rings. The molecule has 0 aliphatic heterocycles.